The van der Waals surface area contributed by atoms with Gasteiger partial charge in [-0.15, -0.1) is 0 Å². The summed E-state index contributed by atoms with van der Waals surface area (Å²) in [6, 6.07) is 31.5. The highest BCUT2D eigenvalue weighted by atomic mass is 16.6. The number of carbonyl (C=O) groups excluding carboxylic acids is 1. The molecule has 0 radical (unpaired) electrons. The third-order valence-corrected chi connectivity index (χ3v) is 7.31. The van der Waals surface area contributed by atoms with Gasteiger partial charge in [0, 0.05) is 46.6 Å². The van der Waals surface area contributed by atoms with Gasteiger partial charge in [0.15, 0.2) is 0 Å². The lowest BCUT2D eigenvalue weighted by atomic mass is 9.97. The molecule has 5 rings (SSSR count). The van der Waals surface area contributed by atoms with Crippen LogP contribution in [-0.4, -0.2) is 35.7 Å². The predicted molar refractivity (Wildman–Crippen MR) is 163 cm³/mol. The molecule has 0 spiro atoms. The third kappa shape index (κ3) is 6.34. The lowest BCUT2D eigenvalue weighted by Crippen LogP contribution is -2.16. The normalized spacial score (nSPS) is 10.8. The smallest absolute Gasteiger partial charge is 0.337 e. The molecule has 0 unspecified atom stereocenters. The number of rotatable bonds is 12. The van der Waals surface area contributed by atoms with Gasteiger partial charge in [0.1, 0.15) is 5.75 Å². The van der Waals surface area contributed by atoms with Gasteiger partial charge in [-0.25, -0.2) is 4.79 Å². The van der Waals surface area contributed by atoms with Crippen LogP contribution in [0.15, 0.2) is 108 Å². The van der Waals surface area contributed by atoms with Crippen LogP contribution in [0.5, 0.6) is 5.75 Å². The van der Waals surface area contributed by atoms with E-state index in [1.807, 2.05) is 36.4 Å². The number of non-ortho nitro benzene ring substituents is 1. The minimum Gasteiger partial charge on any atom is -0.493 e. The number of nitro benzene ring substituents is 1. The zero-order valence-corrected chi connectivity index (χ0v) is 23.5. The second kappa shape index (κ2) is 13.4. The number of azide groups is 1. The van der Waals surface area contributed by atoms with E-state index in [-0.39, 0.29) is 24.9 Å². The molecule has 4 aromatic carbocycles. The molecule has 5 aromatic rings. The van der Waals surface area contributed by atoms with Gasteiger partial charge >= 0.3 is 5.97 Å². The number of esters is 1. The Balaban J connectivity index is 1.63. The Labute approximate surface area is 247 Å². The molecule has 0 bridgehead atoms. The van der Waals surface area contributed by atoms with Crippen molar-refractivity contribution in [3.63, 3.8) is 0 Å². The zero-order valence-electron chi connectivity index (χ0n) is 23.5. The van der Waals surface area contributed by atoms with Crippen molar-refractivity contribution < 1.29 is 19.2 Å². The molecule has 10 heteroatoms. The minimum absolute atomic E-state index is 0.0113. The summed E-state index contributed by atoms with van der Waals surface area (Å²) in [7, 11) is 1.33. The van der Waals surface area contributed by atoms with Crippen LogP contribution in [0.3, 0.4) is 0 Å². The summed E-state index contributed by atoms with van der Waals surface area (Å²) in [4.78, 5) is 26.2. The molecular weight excluding hydrogens is 546 g/mol. The highest BCUT2D eigenvalue weighted by Crippen LogP contribution is 2.38. The fourth-order valence-corrected chi connectivity index (χ4v) is 5.42. The van der Waals surface area contributed by atoms with E-state index in [2.05, 4.69) is 38.9 Å². The van der Waals surface area contributed by atoms with Gasteiger partial charge in [-0.05, 0) is 59.0 Å². The molecule has 0 atom stereocenters. The van der Waals surface area contributed by atoms with E-state index in [0.717, 1.165) is 33.3 Å². The number of ether oxygens (including phenoxy) is 2. The number of hydrogen-bond acceptors (Lipinski definition) is 6. The van der Waals surface area contributed by atoms with Crippen molar-refractivity contribution >= 4 is 22.6 Å². The molecule has 0 amide bonds. The molecule has 0 fully saturated rings. The first-order valence-corrected chi connectivity index (χ1v) is 13.7. The molecular formula is C33H29N5O5. The summed E-state index contributed by atoms with van der Waals surface area (Å²) in [5, 5.41) is 16.4. The average molecular weight is 576 g/mol. The third-order valence-electron chi connectivity index (χ3n) is 7.31. The fraction of sp³-hybridized carbons (Fsp3) is 0.182. The van der Waals surface area contributed by atoms with Gasteiger partial charge in [0.2, 0.25) is 0 Å². The first-order chi connectivity index (χ1) is 21.0. The second-order valence-electron chi connectivity index (χ2n) is 9.80. The minimum atomic E-state index is -0.433. The molecule has 0 aliphatic heterocycles. The SMILES string of the molecule is COC(=O)c1ccc(OCCc2c(CCN=[N+]=[N-])n(C(c3ccccc3)c3ccccc3)c3ccc([N+](=O)[O-])cc23)cc1. The van der Waals surface area contributed by atoms with Gasteiger partial charge in [0.05, 0.1) is 30.2 Å². The molecule has 0 saturated heterocycles. The quantitative estimate of drug-likeness (QED) is 0.0380. The number of fused-ring (bicyclic) bond motifs is 1. The Morgan fingerprint density at radius 2 is 1.60 bits per heavy atom. The fourth-order valence-electron chi connectivity index (χ4n) is 5.42. The van der Waals surface area contributed by atoms with Gasteiger partial charge in [0.25, 0.3) is 5.69 Å². The molecule has 216 valence electrons. The van der Waals surface area contributed by atoms with Crippen molar-refractivity contribution in [1.82, 2.24) is 4.57 Å². The number of carbonyl (C=O) groups is 1. The van der Waals surface area contributed by atoms with E-state index in [4.69, 9.17) is 15.0 Å². The standard InChI is InChI=1S/C33H29N5O5/c1-42-33(39)25-12-15-27(16-13-25)43-21-19-28-29-22-26(38(40)41)14-17-30(29)37(31(28)18-20-35-36-34)32(23-8-4-2-5-9-23)24-10-6-3-7-11-24/h2-17,22,32H,18-21H2,1H3. The van der Waals surface area contributed by atoms with Crippen molar-refractivity contribution in [2.24, 2.45) is 5.11 Å². The molecule has 0 aliphatic rings. The summed E-state index contributed by atoms with van der Waals surface area (Å²) in [5.41, 5.74) is 14.2. The van der Waals surface area contributed by atoms with Crippen molar-refractivity contribution in [2.45, 2.75) is 18.9 Å². The van der Waals surface area contributed by atoms with E-state index in [1.165, 1.54) is 13.2 Å². The van der Waals surface area contributed by atoms with E-state index >= 15 is 0 Å². The van der Waals surface area contributed by atoms with E-state index in [9.17, 15) is 14.9 Å². The first-order valence-electron chi connectivity index (χ1n) is 13.7. The first kappa shape index (κ1) is 28.9. The molecule has 1 heterocycles. The molecule has 0 aliphatic carbocycles. The van der Waals surface area contributed by atoms with Crippen LogP contribution < -0.4 is 4.74 Å². The molecule has 0 N–H and O–H groups in total. The Bertz CT molecular complexity index is 1740. The van der Waals surface area contributed by atoms with Crippen LogP contribution in [0, 0.1) is 10.1 Å². The summed E-state index contributed by atoms with van der Waals surface area (Å²) < 4.78 is 13.0. The van der Waals surface area contributed by atoms with Gasteiger partial charge < -0.3 is 14.0 Å². The number of methoxy groups -OCH3 is 1. The maximum atomic E-state index is 11.8. The van der Waals surface area contributed by atoms with E-state index in [0.29, 0.717) is 24.2 Å². The topological polar surface area (TPSA) is 132 Å². The maximum Gasteiger partial charge on any atom is 0.337 e. The molecule has 1 aromatic heterocycles. The monoisotopic (exact) mass is 575 g/mol. The molecule has 43 heavy (non-hydrogen) atoms. The number of aromatic nitrogens is 1. The predicted octanol–water partition coefficient (Wildman–Crippen LogP) is 7.45. The highest BCUT2D eigenvalue weighted by Gasteiger charge is 2.26. The van der Waals surface area contributed by atoms with Gasteiger partial charge in [-0.1, -0.05) is 65.8 Å². The average Bonchev–Trinajstić information content (AvgIpc) is 3.34. The van der Waals surface area contributed by atoms with Crippen LogP contribution in [0.25, 0.3) is 21.3 Å². The number of hydrogen-bond donors (Lipinski definition) is 0. The molecule has 10 nitrogen and oxygen atoms in total. The molecule has 0 saturated carbocycles. The highest BCUT2D eigenvalue weighted by molar-refractivity contribution is 5.89. The van der Waals surface area contributed by atoms with Crippen LogP contribution in [0.2, 0.25) is 0 Å². The van der Waals surface area contributed by atoms with Crippen molar-refractivity contribution in [3.05, 3.63) is 152 Å². The number of nitrogens with zero attached hydrogens (tertiary/aromatic N) is 5. The van der Waals surface area contributed by atoms with Gasteiger partial charge in [-0.3, -0.25) is 10.1 Å². The van der Waals surface area contributed by atoms with E-state index < -0.39 is 10.9 Å². The summed E-state index contributed by atoms with van der Waals surface area (Å²) in [6.45, 7) is 0.489. The Morgan fingerprint density at radius 3 is 2.19 bits per heavy atom. The lowest BCUT2D eigenvalue weighted by Gasteiger charge is -2.25. The van der Waals surface area contributed by atoms with Crippen LogP contribution in [0.1, 0.15) is 38.8 Å². The van der Waals surface area contributed by atoms with Crippen LogP contribution >= 0.6 is 0 Å². The lowest BCUT2D eigenvalue weighted by molar-refractivity contribution is -0.384. The summed E-state index contributed by atoms with van der Waals surface area (Å²) >= 11 is 0. The van der Waals surface area contributed by atoms with Gasteiger partial charge in [-0.2, -0.15) is 0 Å². The Kier molecular flexibility index (Phi) is 8.99. The van der Waals surface area contributed by atoms with Crippen molar-refractivity contribution in [1.29, 1.82) is 0 Å². The largest absolute Gasteiger partial charge is 0.493 e. The summed E-state index contributed by atoms with van der Waals surface area (Å²) in [6.07, 6.45) is 0.858. The zero-order chi connectivity index (χ0) is 30.2. The van der Waals surface area contributed by atoms with Crippen LogP contribution in [0.4, 0.5) is 5.69 Å². The van der Waals surface area contributed by atoms with E-state index in [1.54, 1.807) is 36.4 Å². The number of nitro groups is 1. The Morgan fingerprint density at radius 1 is 0.953 bits per heavy atom. The van der Waals surface area contributed by atoms with Crippen LogP contribution in [-0.2, 0) is 17.6 Å². The maximum absolute atomic E-state index is 11.8. The number of benzene rings is 4. The summed E-state index contributed by atoms with van der Waals surface area (Å²) in [5.74, 6) is 0.140. The second-order valence-corrected chi connectivity index (χ2v) is 9.80. The Hall–Kier alpha value is -5.60. The van der Waals surface area contributed by atoms with Crippen molar-refractivity contribution in [2.75, 3.05) is 20.3 Å². The van der Waals surface area contributed by atoms with Crippen molar-refractivity contribution in [3.8, 4) is 5.75 Å².